The average Bonchev–Trinajstić information content (AvgIpc) is 3.03. The lowest BCUT2D eigenvalue weighted by Gasteiger charge is -2.40. The van der Waals surface area contributed by atoms with Gasteiger partial charge >= 0.3 is 5.97 Å². The van der Waals surface area contributed by atoms with Crippen LogP contribution in [0.2, 0.25) is 0 Å². The van der Waals surface area contributed by atoms with Crippen LogP contribution in [0.15, 0.2) is 22.9 Å². The highest BCUT2D eigenvalue weighted by Gasteiger charge is 2.37. The van der Waals surface area contributed by atoms with Gasteiger partial charge in [-0.1, -0.05) is 0 Å². The number of carbonyl (C=O) groups is 1. The second-order valence-electron chi connectivity index (χ2n) is 6.87. The van der Waals surface area contributed by atoms with Crippen molar-refractivity contribution in [2.75, 3.05) is 19.7 Å². The topological polar surface area (TPSA) is 60.9 Å². The zero-order valence-electron chi connectivity index (χ0n) is 13.6. The normalized spacial score (nSPS) is 27.0. The van der Waals surface area contributed by atoms with Gasteiger partial charge in [-0.25, -0.2) is 14.3 Å². The van der Waals surface area contributed by atoms with Crippen LogP contribution in [0.4, 0.5) is 0 Å². The Kier molecular flexibility index (Phi) is 4.54. The zero-order valence-corrected chi connectivity index (χ0v) is 15.2. The molecule has 7 heteroatoms. The second-order valence-corrected chi connectivity index (χ2v) is 7.78. The maximum atomic E-state index is 12.4. The molecule has 0 aromatic carbocycles. The van der Waals surface area contributed by atoms with Gasteiger partial charge < -0.3 is 9.64 Å². The monoisotopic (exact) mass is 393 g/mol. The quantitative estimate of drug-likeness (QED) is 0.802. The molecule has 2 aromatic heterocycles. The van der Waals surface area contributed by atoms with E-state index in [4.69, 9.17) is 4.74 Å². The summed E-state index contributed by atoms with van der Waals surface area (Å²) in [4.78, 5) is 18.3. The first-order valence-electron chi connectivity index (χ1n) is 8.73. The first kappa shape index (κ1) is 16.0. The highest BCUT2D eigenvalue weighted by atomic mass is 79.9. The molecule has 1 unspecified atom stereocenters. The third-order valence-corrected chi connectivity index (χ3v) is 5.76. The van der Waals surface area contributed by atoms with E-state index in [-0.39, 0.29) is 5.97 Å². The van der Waals surface area contributed by atoms with Crippen molar-refractivity contribution >= 4 is 27.5 Å². The Morgan fingerprint density at radius 3 is 3.12 bits per heavy atom. The van der Waals surface area contributed by atoms with E-state index >= 15 is 0 Å². The van der Waals surface area contributed by atoms with E-state index in [1.807, 2.05) is 0 Å². The number of fused-ring (bicyclic) bond motifs is 2. The lowest BCUT2D eigenvalue weighted by atomic mass is 9.84. The molecule has 2 fully saturated rings. The van der Waals surface area contributed by atoms with E-state index in [9.17, 15) is 4.79 Å². The van der Waals surface area contributed by atoms with Gasteiger partial charge in [-0.3, -0.25) is 0 Å². The zero-order chi connectivity index (χ0) is 16.5. The number of hydrogen-bond donors (Lipinski definition) is 1. The highest BCUT2D eigenvalue weighted by Crippen LogP contribution is 2.21. The van der Waals surface area contributed by atoms with Crippen molar-refractivity contribution < 1.29 is 14.4 Å². The van der Waals surface area contributed by atoms with Gasteiger partial charge in [-0.2, -0.15) is 5.10 Å². The van der Waals surface area contributed by atoms with Crippen LogP contribution in [0.3, 0.4) is 0 Å². The van der Waals surface area contributed by atoms with Gasteiger partial charge in [0, 0.05) is 24.4 Å². The largest absolute Gasteiger partial charge is 0.460 e. The summed E-state index contributed by atoms with van der Waals surface area (Å²) >= 11 is 3.35. The summed E-state index contributed by atoms with van der Waals surface area (Å²) in [6.45, 7) is 3.07. The van der Waals surface area contributed by atoms with Crippen LogP contribution in [-0.4, -0.2) is 46.3 Å². The third-order valence-electron chi connectivity index (χ3n) is 5.35. The minimum atomic E-state index is -0.348. The Balaban J connectivity index is 1.41. The van der Waals surface area contributed by atoms with Gasteiger partial charge in [0.05, 0.1) is 23.6 Å². The van der Waals surface area contributed by atoms with Gasteiger partial charge in [0.25, 0.3) is 0 Å². The predicted octanol–water partition coefficient (Wildman–Crippen LogP) is 1.50. The smallest absolute Gasteiger partial charge is 0.358 e. The Morgan fingerprint density at radius 1 is 1.33 bits per heavy atom. The molecule has 0 spiro atoms. The molecule has 1 N–H and O–H groups in total. The molecule has 6 nitrogen and oxygen atoms in total. The van der Waals surface area contributed by atoms with Crippen LogP contribution in [0.25, 0.3) is 5.65 Å². The molecule has 0 saturated carbocycles. The minimum absolute atomic E-state index is 0.323. The molecule has 4 heterocycles. The number of carbonyl (C=O) groups excluding carboxylic acids is 1. The van der Waals surface area contributed by atoms with E-state index < -0.39 is 0 Å². The van der Waals surface area contributed by atoms with Crippen molar-refractivity contribution in [2.24, 2.45) is 5.92 Å². The fourth-order valence-corrected chi connectivity index (χ4v) is 4.48. The van der Waals surface area contributed by atoms with E-state index in [2.05, 4.69) is 26.0 Å². The third kappa shape index (κ3) is 3.19. The van der Waals surface area contributed by atoms with E-state index in [0.29, 0.717) is 29.9 Å². The first-order valence-corrected chi connectivity index (χ1v) is 9.52. The van der Waals surface area contributed by atoms with E-state index in [1.54, 1.807) is 27.9 Å². The molecular formula is C17H22BrN4O2+. The molecular weight excluding hydrogens is 372 g/mol. The second kappa shape index (κ2) is 6.80. The van der Waals surface area contributed by atoms with Crippen LogP contribution < -0.4 is 4.90 Å². The summed E-state index contributed by atoms with van der Waals surface area (Å²) in [5.41, 5.74) is 0.968. The van der Waals surface area contributed by atoms with Gasteiger partial charge in [0.1, 0.15) is 6.61 Å². The number of nitrogens with one attached hydrogen (secondary N) is 1. The Labute approximate surface area is 149 Å². The average molecular weight is 394 g/mol. The number of ether oxygens (including phenoxy) is 1. The molecule has 0 aliphatic carbocycles. The first-order chi connectivity index (χ1) is 11.7. The number of hydrogen-bond acceptors (Lipinski definition) is 4. The minimum Gasteiger partial charge on any atom is -0.460 e. The number of esters is 1. The molecule has 2 saturated heterocycles. The van der Waals surface area contributed by atoms with Crippen molar-refractivity contribution in [1.82, 2.24) is 14.6 Å². The lowest BCUT2D eigenvalue weighted by molar-refractivity contribution is -0.940. The molecule has 3 atom stereocenters. The summed E-state index contributed by atoms with van der Waals surface area (Å²) in [6, 6.07) is 2.34. The lowest BCUT2D eigenvalue weighted by Crippen LogP contribution is -3.18. The summed E-state index contributed by atoms with van der Waals surface area (Å²) in [5.74, 6) is 0.141. The molecule has 2 aromatic rings. The number of rotatable bonds is 3. The van der Waals surface area contributed by atoms with Crippen molar-refractivity contribution in [1.29, 1.82) is 0 Å². The fraction of sp³-hybridized carbons (Fsp3) is 0.588. The van der Waals surface area contributed by atoms with Crippen molar-refractivity contribution in [3.63, 3.8) is 0 Å². The van der Waals surface area contributed by atoms with Crippen molar-refractivity contribution in [3.8, 4) is 0 Å². The van der Waals surface area contributed by atoms with E-state index in [0.717, 1.165) is 4.47 Å². The Morgan fingerprint density at radius 2 is 2.21 bits per heavy atom. The number of nitrogens with zero attached hydrogens (tertiary/aromatic N) is 3. The fourth-order valence-electron chi connectivity index (χ4n) is 4.19. The summed E-state index contributed by atoms with van der Waals surface area (Å²) in [5, 5.41) is 4.26. The molecule has 2 aliphatic heterocycles. The molecule has 0 bridgehead atoms. The molecule has 24 heavy (non-hydrogen) atoms. The predicted molar refractivity (Wildman–Crippen MR) is 92.0 cm³/mol. The maximum Gasteiger partial charge on any atom is 0.358 e. The molecule has 0 radical (unpaired) electrons. The Bertz CT molecular complexity index is 745. The van der Waals surface area contributed by atoms with Gasteiger partial charge in [-0.05, 0) is 48.0 Å². The number of aromatic nitrogens is 3. The van der Waals surface area contributed by atoms with E-state index in [1.165, 1.54) is 45.2 Å². The summed E-state index contributed by atoms with van der Waals surface area (Å²) in [6.07, 6.45) is 9.79. The SMILES string of the molecule is O=C(OC[C@@H]1CCC[NH+]2CCCC[C@H]12)c1cc2ncc(Br)cn2n1. The molecule has 2 aliphatic rings. The maximum absolute atomic E-state index is 12.4. The number of halogens is 1. The molecule has 4 rings (SSSR count). The van der Waals surface area contributed by atoms with Crippen LogP contribution in [0.5, 0.6) is 0 Å². The van der Waals surface area contributed by atoms with Crippen molar-refractivity contribution in [3.05, 3.63) is 28.6 Å². The Hall–Kier alpha value is -1.47. The van der Waals surface area contributed by atoms with Gasteiger partial charge in [-0.15, -0.1) is 0 Å². The standard InChI is InChI=1S/C17H21BrN4O2/c18-13-9-19-16-8-14(20-22(16)10-13)17(23)24-11-12-4-3-7-21-6-2-1-5-15(12)21/h8-10,12,15H,1-7,11H2/p+1/t12-,15+/m0/s1. The molecule has 0 amide bonds. The van der Waals surface area contributed by atoms with Gasteiger partial charge in [0.15, 0.2) is 11.3 Å². The number of quaternary nitrogens is 1. The van der Waals surface area contributed by atoms with Crippen LogP contribution in [0, 0.1) is 5.92 Å². The van der Waals surface area contributed by atoms with Gasteiger partial charge in [0.2, 0.25) is 0 Å². The number of piperidine rings is 2. The summed E-state index contributed by atoms with van der Waals surface area (Å²) < 4.78 is 8.02. The highest BCUT2D eigenvalue weighted by molar-refractivity contribution is 9.10. The van der Waals surface area contributed by atoms with Crippen molar-refractivity contribution in [2.45, 2.75) is 38.1 Å². The van der Waals surface area contributed by atoms with Crippen LogP contribution >= 0.6 is 15.9 Å². The summed E-state index contributed by atoms with van der Waals surface area (Å²) in [7, 11) is 0. The van der Waals surface area contributed by atoms with Crippen LogP contribution in [-0.2, 0) is 4.74 Å². The van der Waals surface area contributed by atoms with Crippen LogP contribution in [0.1, 0.15) is 42.6 Å². The molecule has 128 valence electrons.